The van der Waals surface area contributed by atoms with E-state index < -0.39 is 27.4 Å². The van der Waals surface area contributed by atoms with E-state index in [4.69, 9.17) is 8.83 Å². The summed E-state index contributed by atoms with van der Waals surface area (Å²) in [4.78, 5) is 26.9. The lowest BCUT2D eigenvalue weighted by molar-refractivity contribution is 0.0662. The van der Waals surface area contributed by atoms with Crippen molar-refractivity contribution in [3.05, 3.63) is 70.5 Å². The van der Waals surface area contributed by atoms with Crippen LogP contribution in [0.4, 0.5) is 0 Å². The first kappa shape index (κ1) is 17.5. The van der Waals surface area contributed by atoms with Crippen LogP contribution in [0, 0.1) is 0 Å². The van der Waals surface area contributed by atoms with Gasteiger partial charge in [-0.1, -0.05) is 18.2 Å². The number of carbonyl (C=O) groups excluding carboxylic acids is 1. The summed E-state index contributed by atoms with van der Waals surface area (Å²) >= 11 is 0. The summed E-state index contributed by atoms with van der Waals surface area (Å²) in [5, 5.41) is 0.623. The van der Waals surface area contributed by atoms with Crippen molar-refractivity contribution in [1.82, 2.24) is 4.90 Å². The highest BCUT2D eigenvalue weighted by Crippen LogP contribution is 2.23. The average Bonchev–Trinajstić information content (AvgIpc) is 3.27. The molecule has 27 heavy (non-hydrogen) atoms. The van der Waals surface area contributed by atoms with Crippen molar-refractivity contribution in [3.8, 4) is 0 Å². The van der Waals surface area contributed by atoms with Crippen molar-refractivity contribution in [1.29, 1.82) is 0 Å². The molecule has 0 unspecified atom stereocenters. The van der Waals surface area contributed by atoms with Crippen LogP contribution in [-0.4, -0.2) is 36.8 Å². The Balaban J connectivity index is 1.74. The number of hydrogen-bond donors (Lipinski definition) is 0. The van der Waals surface area contributed by atoms with Gasteiger partial charge in [0, 0.05) is 11.4 Å². The molecule has 1 aromatic carbocycles. The van der Waals surface area contributed by atoms with Crippen molar-refractivity contribution in [2.24, 2.45) is 0 Å². The number of carbonyl (C=O) groups is 1. The summed E-state index contributed by atoms with van der Waals surface area (Å²) in [6.07, 6.45) is 1.81. The summed E-state index contributed by atoms with van der Waals surface area (Å²) in [5.74, 6) is -0.157. The zero-order valence-corrected chi connectivity index (χ0v) is 15.1. The van der Waals surface area contributed by atoms with E-state index in [2.05, 4.69) is 0 Å². The summed E-state index contributed by atoms with van der Waals surface area (Å²) < 4.78 is 34.4. The Morgan fingerprint density at radius 3 is 2.70 bits per heavy atom. The number of nitrogens with zero attached hydrogens (tertiary/aromatic N) is 1. The zero-order chi connectivity index (χ0) is 19.0. The number of furan rings is 1. The Labute approximate surface area is 155 Å². The molecule has 0 saturated carbocycles. The topological polar surface area (TPSA) is 97.8 Å². The molecule has 1 amide bonds. The van der Waals surface area contributed by atoms with Crippen molar-refractivity contribution in [2.75, 3.05) is 11.5 Å². The molecule has 140 valence electrons. The first-order chi connectivity index (χ1) is 12.9. The van der Waals surface area contributed by atoms with E-state index in [-0.39, 0.29) is 23.6 Å². The number of rotatable bonds is 4. The second-order valence-corrected chi connectivity index (χ2v) is 8.78. The Kier molecular flexibility index (Phi) is 4.35. The van der Waals surface area contributed by atoms with Crippen LogP contribution in [0.25, 0.3) is 11.0 Å². The van der Waals surface area contributed by atoms with Crippen molar-refractivity contribution >= 4 is 26.7 Å². The molecule has 7 nitrogen and oxygen atoms in total. The number of hydrogen-bond acceptors (Lipinski definition) is 6. The largest absolute Gasteiger partial charge is 0.467 e. The Morgan fingerprint density at radius 2 is 2.00 bits per heavy atom. The van der Waals surface area contributed by atoms with E-state index in [0.29, 0.717) is 23.2 Å². The van der Waals surface area contributed by atoms with Gasteiger partial charge in [-0.05, 0) is 30.7 Å². The summed E-state index contributed by atoms with van der Waals surface area (Å²) in [6, 6.07) is 11.3. The van der Waals surface area contributed by atoms with Crippen LogP contribution in [0.1, 0.15) is 22.5 Å². The van der Waals surface area contributed by atoms with Gasteiger partial charge in [0.15, 0.2) is 9.84 Å². The van der Waals surface area contributed by atoms with Gasteiger partial charge >= 0.3 is 5.63 Å². The number of benzene rings is 1. The molecule has 1 fully saturated rings. The number of sulfone groups is 1. The van der Waals surface area contributed by atoms with Crippen LogP contribution >= 0.6 is 0 Å². The molecule has 3 aromatic rings. The van der Waals surface area contributed by atoms with Gasteiger partial charge in [0.05, 0.1) is 24.3 Å². The summed E-state index contributed by atoms with van der Waals surface area (Å²) in [6.45, 7) is 0.0816. The molecule has 1 aliphatic rings. The highest BCUT2D eigenvalue weighted by Gasteiger charge is 2.36. The molecular formula is C19H17NO6S. The Morgan fingerprint density at radius 1 is 1.19 bits per heavy atom. The third-order valence-electron chi connectivity index (χ3n) is 4.69. The van der Waals surface area contributed by atoms with Gasteiger partial charge in [-0.3, -0.25) is 4.79 Å². The van der Waals surface area contributed by atoms with Crippen LogP contribution in [0.5, 0.6) is 0 Å². The number of fused-ring (bicyclic) bond motifs is 1. The van der Waals surface area contributed by atoms with Crippen LogP contribution in [0.3, 0.4) is 0 Å². The molecule has 4 rings (SSSR count). The second kappa shape index (κ2) is 6.70. The zero-order valence-electron chi connectivity index (χ0n) is 14.3. The summed E-state index contributed by atoms with van der Waals surface area (Å²) in [7, 11) is -3.21. The van der Waals surface area contributed by atoms with Crippen LogP contribution in [-0.2, 0) is 16.4 Å². The van der Waals surface area contributed by atoms with Crippen LogP contribution in [0.2, 0.25) is 0 Å². The maximum atomic E-state index is 13.2. The molecule has 1 aliphatic heterocycles. The molecule has 0 aliphatic carbocycles. The molecule has 2 aromatic heterocycles. The van der Waals surface area contributed by atoms with Gasteiger partial charge in [-0.15, -0.1) is 0 Å². The lowest BCUT2D eigenvalue weighted by atomic mass is 10.1. The SMILES string of the molecule is O=C(c1cc2ccccc2oc1=O)N(Cc1ccco1)[C@H]1CCS(=O)(=O)C1. The Hall–Kier alpha value is -2.87. The molecule has 1 atom stereocenters. The second-order valence-electron chi connectivity index (χ2n) is 6.55. The molecule has 8 heteroatoms. The highest BCUT2D eigenvalue weighted by molar-refractivity contribution is 7.91. The number of para-hydroxylation sites is 1. The standard InChI is InChI=1S/C19H17NO6S/c21-18(16-10-13-4-1-2-6-17(13)26-19(16)22)20(11-15-5-3-8-25-15)14-7-9-27(23,24)12-14/h1-6,8,10,14H,7,9,11-12H2/t14-/m0/s1. The molecule has 0 spiro atoms. The quantitative estimate of drug-likeness (QED) is 0.637. The fourth-order valence-electron chi connectivity index (χ4n) is 3.32. The molecule has 0 radical (unpaired) electrons. The summed E-state index contributed by atoms with van der Waals surface area (Å²) in [5.41, 5.74) is -0.478. The molecule has 0 bridgehead atoms. The predicted molar refractivity (Wildman–Crippen MR) is 98.1 cm³/mol. The first-order valence-corrected chi connectivity index (χ1v) is 10.3. The maximum absolute atomic E-state index is 13.2. The minimum atomic E-state index is -3.21. The van der Waals surface area contributed by atoms with Gasteiger partial charge in [0.25, 0.3) is 5.91 Å². The smallest absolute Gasteiger partial charge is 0.349 e. The van der Waals surface area contributed by atoms with Gasteiger partial charge in [-0.25, -0.2) is 13.2 Å². The van der Waals surface area contributed by atoms with E-state index >= 15 is 0 Å². The maximum Gasteiger partial charge on any atom is 0.349 e. The molecule has 3 heterocycles. The fraction of sp³-hybridized carbons (Fsp3) is 0.263. The number of amides is 1. The molecule has 0 N–H and O–H groups in total. The normalized spacial score (nSPS) is 18.6. The average molecular weight is 387 g/mol. The lowest BCUT2D eigenvalue weighted by Gasteiger charge is -2.27. The van der Waals surface area contributed by atoms with Crippen LogP contribution < -0.4 is 5.63 Å². The van der Waals surface area contributed by atoms with Gasteiger partial charge < -0.3 is 13.7 Å². The minimum Gasteiger partial charge on any atom is -0.467 e. The third kappa shape index (κ3) is 3.52. The van der Waals surface area contributed by atoms with Crippen molar-refractivity contribution in [3.63, 3.8) is 0 Å². The van der Waals surface area contributed by atoms with E-state index in [9.17, 15) is 18.0 Å². The predicted octanol–water partition coefficient (Wildman–Crippen LogP) is 2.22. The van der Waals surface area contributed by atoms with Crippen molar-refractivity contribution in [2.45, 2.75) is 19.0 Å². The monoisotopic (exact) mass is 387 g/mol. The van der Waals surface area contributed by atoms with E-state index in [1.807, 2.05) is 0 Å². The minimum absolute atomic E-state index is 0.0198. The van der Waals surface area contributed by atoms with Crippen LogP contribution in [0.15, 0.2) is 62.4 Å². The fourth-order valence-corrected chi connectivity index (χ4v) is 5.05. The van der Waals surface area contributed by atoms with Gasteiger partial charge in [0.1, 0.15) is 16.9 Å². The third-order valence-corrected chi connectivity index (χ3v) is 6.44. The van der Waals surface area contributed by atoms with Gasteiger partial charge in [-0.2, -0.15) is 0 Å². The molecule has 1 saturated heterocycles. The Bertz CT molecular complexity index is 1150. The van der Waals surface area contributed by atoms with E-state index in [0.717, 1.165) is 0 Å². The van der Waals surface area contributed by atoms with E-state index in [1.165, 1.54) is 17.2 Å². The first-order valence-electron chi connectivity index (χ1n) is 8.50. The van der Waals surface area contributed by atoms with E-state index in [1.54, 1.807) is 36.4 Å². The lowest BCUT2D eigenvalue weighted by Crippen LogP contribution is -2.42. The molecular weight excluding hydrogens is 370 g/mol. The van der Waals surface area contributed by atoms with Gasteiger partial charge in [0.2, 0.25) is 0 Å². The van der Waals surface area contributed by atoms with Crippen molar-refractivity contribution < 1.29 is 22.0 Å². The highest BCUT2D eigenvalue weighted by atomic mass is 32.2.